The minimum absolute atomic E-state index is 0.0326. The Morgan fingerprint density at radius 1 is 1.41 bits per heavy atom. The molecular weight excluding hydrogens is 222 g/mol. The number of rotatable bonds is 2. The molecule has 0 saturated carbocycles. The van der Waals surface area contributed by atoms with Crippen molar-refractivity contribution in [2.24, 2.45) is 7.05 Å². The van der Waals surface area contributed by atoms with Crippen molar-refractivity contribution in [1.82, 2.24) is 4.57 Å². The highest BCUT2D eigenvalue weighted by molar-refractivity contribution is 6.23. The smallest absolute Gasteiger partial charge is 0.229 e. The van der Waals surface area contributed by atoms with Crippen molar-refractivity contribution in [3.8, 4) is 0 Å². The summed E-state index contributed by atoms with van der Waals surface area (Å²) < 4.78 is 6.40. The van der Waals surface area contributed by atoms with Crippen LogP contribution in [0.15, 0.2) is 17.9 Å². The molecule has 1 unspecified atom stereocenters. The van der Waals surface area contributed by atoms with Crippen molar-refractivity contribution >= 4 is 11.6 Å². The van der Waals surface area contributed by atoms with E-state index in [0.717, 1.165) is 0 Å². The fourth-order valence-electron chi connectivity index (χ4n) is 2.03. The van der Waals surface area contributed by atoms with Gasteiger partial charge in [-0.25, -0.2) is 0 Å². The lowest BCUT2D eigenvalue weighted by Gasteiger charge is -2.12. The summed E-state index contributed by atoms with van der Waals surface area (Å²) in [6, 6.07) is 1.53. The zero-order valence-electron chi connectivity index (χ0n) is 9.85. The number of aromatic nitrogens is 1. The van der Waals surface area contributed by atoms with Crippen molar-refractivity contribution in [2.75, 3.05) is 7.11 Å². The molecule has 1 N–H and O–H groups in total. The average molecular weight is 235 g/mol. The molecule has 90 valence electrons. The third kappa shape index (κ3) is 1.59. The summed E-state index contributed by atoms with van der Waals surface area (Å²) in [5.74, 6) is -0.583. The quantitative estimate of drug-likeness (QED) is 0.829. The van der Waals surface area contributed by atoms with E-state index in [1.807, 2.05) is 0 Å². The minimum Gasteiger partial charge on any atom is -0.492 e. The number of aliphatic hydroxyl groups is 1. The number of methoxy groups -OCH3 is 1. The van der Waals surface area contributed by atoms with E-state index in [1.165, 1.54) is 19.3 Å². The van der Waals surface area contributed by atoms with Gasteiger partial charge in [-0.2, -0.15) is 0 Å². The van der Waals surface area contributed by atoms with Gasteiger partial charge in [-0.1, -0.05) is 0 Å². The average Bonchev–Trinajstić information content (AvgIpc) is 2.62. The van der Waals surface area contributed by atoms with Gasteiger partial charge in [0, 0.05) is 18.8 Å². The summed E-state index contributed by atoms with van der Waals surface area (Å²) >= 11 is 0. The number of carbonyl (C=O) groups excluding carboxylic acids is 2. The van der Waals surface area contributed by atoms with Crippen LogP contribution in [-0.2, 0) is 11.8 Å². The fraction of sp³-hybridized carbons (Fsp3) is 0.333. The molecule has 0 saturated heterocycles. The van der Waals surface area contributed by atoms with E-state index in [9.17, 15) is 14.7 Å². The first kappa shape index (κ1) is 11.6. The number of ketones is 2. The van der Waals surface area contributed by atoms with E-state index >= 15 is 0 Å². The van der Waals surface area contributed by atoms with Crippen molar-refractivity contribution in [1.29, 1.82) is 0 Å². The van der Waals surface area contributed by atoms with Crippen LogP contribution in [0.3, 0.4) is 0 Å². The lowest BCUT2D eigenvalue weighted by atomic mass is 10.0. The van der Waals surface area contributed by atoms with E-state index in [-0.39, 0.29) is 22.9 Å². The van der Waals surface area contributed by atoms with Crippen LogP contribution in [-0.4, -0.2) is 28.3 Å². The Balaban J connectivity index is 2.63. The van der Waals surface area contributed by atoms with Crippen LogP contribution >= 0.6 is 0 Å². The van der Waals surface area contributed by atoms with Crippen molar-refractivity contribution < 1.29 is 19.4 Å². The summed E-state index contributed by atoms with van der Waals surface area (Å²) in [4.78, 5) is 23.8. The minimum atomic E-state index is -0.739. The number of aliphatic hydroxyl groups excluding tert-OH is 1. The van der Waals surface area contributed by atoms with Gasteiger partial charge in [-0.05, 0) is 13.0 Å². The number of nitrogens with zero attached hydrogens (tertiary/aromatic N) is 1. The lowest BCUT2D eigenvalue weighted by molar-refractivity contribution is 0.0914. The van der Waals surface area contributed by atoms with Gasteiger partial charge in [0.15, 0.2) is 5.76 Å². The highest BCUT2D eigenvalue weighted by Gasteiger charge is 2.31. The molecule has 5 heteroatoms. The van der Waals surface area contributed by atoms with Gasteiger partial charge in [0.05, 0.1) is 18.8 Å². The summed E-state index contributed by atoms with van der Waals surface area (Å²) in [7, 11) is 3.00. The number of hydrogen-bond donors (Lipinski definition) is 1. The Hall–Kier alpha value is -1.88. The Labute approximate surface area is 98.3 Å². The van der Waals surface area contributed by atoms with E-state index in [1.54, 1.807) is 18.5 Å². The fourth-order valence-corrected chi connectivity index (χ4v) is 2.03. The number of ether oxygens (including phenoxy) is 1. The zero-order chi connectivity index (χ0) is 12.7. The first-order chi connectivity index (χ1) is 7.97. The highest BCUT2D eigenvalue weighted by Crippen LogP contribution is 2.27. The summed E-state index contributed by atoms with van der Waals surface area (Å²) in [5.41, 5.74) is 1.11. The first-order valence-electron chi connectivity index (χ1n) is 5.19. The number of allylic oxidation sites excluding steroid dienone is 2. The molecule has 0 radical (unpaired) electrons. The van der Waals surface area contributed by atoms with E-state index in [4.69, 9.17) is 4.74 Å². The molecule has 0 spiro atoms. The molecule has 0 bridgehead atoms. The van der Waals surface area contributed by atoms with Gasteiger partial charge in [-0.15, -0.1) is 0 Å². The van der Waals surface area contributed by atoms with Crippen molar-refractivity contribution in [3.63, 3.8) is 0 Å². The van der Waals surface area contributed by atoms with Crippen LogP contribution in [0.2, 0.25) is 0 Å². The van der Waals surface area contributed by atoms with Crippen LogP contribution in [0.4, 0.5) is 0 Å². The SMILES string of the molecule is COC1=CC(=O)c2c(cc(C(C)O)n2C)C1=O. The second-order valence-corrected chi connectivity index (χ2v) is 3.97. The predicted molar refractivity (Wildman–Crippen MR) is 59.8 cm³/mol. The van der Waals surface area contributed by atoms with Crippen LogP contribution in [0.5, 0.6) is 0 Å². The van der Waals surface area contributed by atoms with Gasteiger partial charge in [0.25, 0.3) is 0 Å². The molecule has 0 amide bonds. The molecule has 0 fully saturated rings. The van der Waals surface area contributed by atoms with E-state index in [0.29, 0.717) is 11.4 Å². The van der Waals surface area contributed by atoms with Crippen LogP contribution in [0.25, 0.3) is 0 Å². The molecule has 0 aliphatic heterocycles. The maximum Gasteiger partial charge on any atom is 0.229 e. The van der Waals surface area contributed by atoms with Gasteiger partial charge in [-0.3, -0.25) is 9.59 Å². The normalized spacial score (nSPS) is 16.6. The lowest BCUT2D eigenvalue weighted by Crippen LogP contribution is -2.19. The topological polar surface area (TPSA) is 68.5 Å². The molecule has 17 heavy (non-hydrogen) atoms. The van der Waals surface area contributed by atoms with Crippen LogP contribution < -0.4 is 0 Å². The van der Waals surface area contributed by atoms with Gasteiger partial charge in [0.1, 0.15) is 5.69 Å². The Morgan fingerprint density at radius 3 is 2.59 bits per heavy atom. The molecular formula is C12H13NO4. The maximum absolute atomic E-state index is 11.9. The van der Waals surface area contributed by atoms with E-state index < -0.39 is 6.10 Å². The molecule has 0 aromatic carbocycles. The Kier molecular flexibility index (Phi) is 2.63. The number of fused-ring (bicyclic) bond motifs is 1. The molecule has 5 nitrogen and oxygen atoms in total. The van der Waals surface area contributed by atoms with Crippen molar-refractivity contribution in [2.45, 2.75) is 13.0 Å². The zero-order valence-corrected chi connectivity index (χ0v) is 9.85. The molecule has 1 aliphatic rings. The molecule has 1 aliphatic carbocycles. The van der Waals surface area contributed by atoms with Gasteiger partial charge in [0.2, 0.25) is 11.6 Å². The molecule has 2 rings (SSSR count). The van der Waals surface area contributed by atoms with Crippen molar-refractivity contribution in [3.05, 3.63) is 34.9 Å². The molecule has 1 atom stereocenters. The summed E-state index contributed by atoms with van der Waals surface area (Å²) in [6.07, 6.45) is 0.438. The second-order valence-electron chi connectivity index (χ2n) is 3.97. The molecule has 1 aromatic heterocycles. The first-order valence-corrected chi connectivity index (χ1v) is 5.19. The highest BCUT2D eigenvalue weighted by atomic mass is 16.5. The third-order valence-electron chi connectivity index (χ3n) is 2.88. The summed E-state index contributed by atoms with van der Waals surface area (Å²) in [5, 5.41) is 9.56. The third-order valence-corrected chi connectivity index (χ3v) is 2.88. The van der Waals surface area contributed by atoms with E-state index in [2.05, 4.69) is 0 Å². The van der Waals surface area contributed by atoms with Gasteiger partial charge >= 0.3 is 0 Å². The molecule has 1 heterocycles. The number of carbonyl (C=O) groups is 2. The molecule has 1 aromatic rings. The Bertz CT molecular complexity index is 537. The summed E-state index contributed by atoms with van der Waals surface area (Å²) in [6.45, 7) is 1.58. The Morgan fingerprint density at radius 2 is 2.06 bits per heavy atom. The largest absolute Gasteiger partial charge is 0.492 e. The van der Waals surface area contributed by atoms with Crippen LogP contribution in [0.1, 0.15) is 39.6 Å². The number of Topliss-reactive ketones (excluding diaryl/α,β-unsaturated/α-hetero) is 1. The number of hydrogen-bond acceptors (Lipinski definition) is 4. The maximum atomic E-state index is 11.9. The van der Waals surface area contributed by atoms with Gasteiger partial charge < -0.3 is 14.4 Å². The monoisotopic (exact) mass is 235 g/mol. The predicted octanol–water partition coefficient (Wildman–Crippen LogP) is 0.988. The second kappa shape index (κ2) is 3.85. The standard InChI is InChI=1S/C12H13NO4/c1-6(14)8-4-7-11(13(8)2)9(15)5-10(17-3)12(7)16/h4-6,14H,1-3H3. The van der Waals surface area contributed by atoms with Crippen LogP contribution in [0, 0.1) is 0 Å².